The third kappa shape index (κ3) is 4.90. The third-order valence-electron chi connectivity index (χ3n) is 4.45. The molecule has 0 aromatic carbocycles. The lowest BCUT2D eigenvalue weighted by Gasteiger charge is -2.48. The molecule has 200 valence electrons. The van der Waals surface area contributed by atoms with Gasteiger partial charge in [0.1, 0.15) is 0 Å². The van der Waals surface area contributed by atoms with Gasteiger partial charge in [0, 0.05) is 0 Å². The zero-order valence-corrected chi connectivity index (χ0v) is 15.2. The van der Waals surface area contributed by atoms with E-state index in [9.17, 15) is 84.1 Å². The standard InChI is InChI=1S/C13H10F18O2/c1-4(3-6(33,9(17,18)19)10(20,21)22)2-5(32,8(15,16)13(29,30)31)7(14,11(23,24)25)12(26,27)28/h4,32-33H,2-3H2,1H3. The Balaban J connectivity index is 7.03. The summed E-state index contributed by atoms with van der Waals surface area (Å²) in [7, 11) is 0. The lowest BCUT2D eigenvalue weighted by atomic mass is 9.70. The van der Waals surface area contributed by atoms with Crippen LogP contribution in [0.1, 0.15) is 19.8 Å². The van der Waals surface area contributed by atoms with Gasteiger partial charge in [-0.05, 0) is 18.8 Å². The van der Waals surface area contributed by atoms with E-state index in [1.165, 1.54) is 0 Å². The van der Waals surface area contributed by atoms with Gasteiger partial charge < -0.3 is 10.2 Å². The van der Waals surface area contributed by atoms with Crippen LogP contribution in [0.25, 0.3) is 0 Å². The highest BCUT2D eigenvalue weighted by atomic mass is 19.4. The van der Waals surface area contributed by atoms with Crippen molar-refractivity contribution in [2.75, 3.05) is 0 Å². The van der Waals surface area contributed by atoms with Crippen LogP contribution in [-0.2, 0) is 0 Å². The molecule has 0 saturated carbocycles. The van der Waals surface area contributed by atoms with Gasteiger partial charge >= 0.3 is 42.5 Å². The van der Waals surface area contributed by atoms with Crippen LogP contribution in [0.2, 0.25) is 0 Å². The van der Waals surface area contributed by atoms with Crippen molar-refractivity contribution in [1.29, 1.82) is 0 Å². The first-order chi connectivity index (χ1) is 13.9. The molecule has 0 amide bonds. The minimum absolute atomic E-state index is 0.368. The van der Waals surface area contributed by atoms with Crippen LogP contribution in [0.4, 0.5) is 79.0 Å². The molecule has 2 unspecified atom stereocenters. The van der Waals surface area contributed by atoms with E-state index < -0.39 is 72.4 Å². The monoisotopic (exact) mass is 540 g/mol. The summed E-state index contributed by atoms with van der Waals surface area (Å²) in [5.74, 6) is -11.3. The normalized spacial score (nSPS) is 18.8. The first kappa shape index (κ1) is 31.7. The second-order valence-electron chi connectivity index (χ2n) is 6.96. The van der Waals surface area contributed by atoms with Crippen LogP contribution in [0.5, 0.6) is 0 Å². The fraction of sp³-hybridized carbons (Fsp3) is 1.00. The number of hydrogen-bond donors (Lipinski definition) is 2. The van der Waals surface area contributed by atoms with E-state index in [0.29, 0.717) is 0 Å². The minimum atomic E-state index is -7.92. The highest BCUT2D eigenvalue weighted by Gasteiger charge is 2.90. The van der Waals surface area contributed by atoms with Crippen LogP contribution >= 0.6 is 0 Å². The summed E-state index contributed by atoms with van der Waals surface area (Å²) in [5.41, 5.74) is -21.1. The molecule has 0 aliphatic heterocycles. The average molecular weight is 540 g/mol. The molecule has 2 atom stereocenters. The number of aliphatic hydroxyl groups is 2. The van der Waals surface area contributed by atoms with Crippen molar-refractivity contribution in [3.63, 3.8) is 0 Å². The maximum absolute atomic E-state index is 14.2. The van der Waals surface area contributed by atoms with Gasteiger partial charge in [-0.3, -0.25) is 0 Å². The van der Waals surface area contributed by atoms with E-state index >= 15 is 0 Å². The van der Waals surface area contributed by atoms with Crippen molar-refractivity contribution >= 4 is 0 Å². The van der Waals surface area contributed by atoms with E-state index in [1.54, 1.807) is 0 Å². The molecular weight excluding hydrogens is 530 g/mol. The summed E-state index contributed by atoms with van der Waals surface area (Å²) < 4.78 is 232. The van der Waals surface area contributed by atoms with E-state index in [0.717, 1.165) is 0 Å². The highest BCUT2D eigenvalue weighted by Crippen LogP contribution is 2.62. The number of rotatable bonds is 6. The largest absolute Gasteiger partial charge is 0.456 e. The maximum atomic E-state index is 14.2. The van der Waals surface area contributed by atoms with Gasteiger partial charge in [0.25, 0.3) is 5.60 Å². The first-order valence-electron chi connectivity index (χ1n) is 7.70. The van der Waals surface area contributed by atoms with Crippen LogP contribution in [0, 0.1) is 5.92 Å². The topological polar surface area (TPSA) is 40.5 Å². The van der Waals surface area contributed by atoms with Crippen molar-refractivity contribution < 1.29 is 89.2 Å². The minimum Gasteiger partial charge on any atom is -0.379 e. The van der Waals surface area contributed by atoms with Crippen LogP contribution in [0.15, 0.2) is 0 Å². The SMILES string of the molecule is CC(CC(O)(C(F)(F)F)C(F)(F)F)CC(O)(C(F)(F)C(F)(F)F)C(F)(C(F)(F)F)C(F)(F)F. The van der Waals surface area contributed by atoms with Gasteiger partial charge in [-0.25, -0.2) is 4.39 Å². The van der Waals surface area contributed by atoms with E-state index in [4.69, 9.17) is 5.11 Å². The molecule has 0 saturated heterocycles. The van der Waals surface area contributed by atoms with Gasteiger partial charge in [-0.15, -0.1) is 0 Å². The van der Waals surface area contributed by atoms with E-state index in [1.807, 2.05) is 0 Å². The lowest BCUT2D eigenvalue weighted by Crippen LogP contribution is -2.77. The smallest absolute Gasteiger partial charge is 0.379 e. The Morgan fingerprint density at radius 1 is 0.455 bits per heavy atom. The molecule has 0 rings (SSSR count). The Labute approximate surface area is 170 Å². The quantitative estimate of drug-likeness (QED) is 0.405. The molecule has 0 aliphatic rings. The van der Waals surface area contributed by atoms with Gasteiger partial charge in [-0.1, -0.05) is 6.92 Å². The summed E-state index contributed by atoms with van der Waals surface area (Å²) in [6, 6.07) is 0. The van der Waals surface area contributed by atoms with Gasteiger partial charge in [0.05, 0.1) is 0 Å². The zero-order chi connectivity index (χ0) is 27.5. The highest BCUT2D eigenvalue weighted by molar-refractivity contribution is 5.18. The summed E-state index contributed by atoms with van der Waals surface area (Å²) in [6.45, 7) is -0.368. The van der Waals surface area contributed by atoms with Gasteiger partial charge in [0.2, 0.25) is 0 Å². The summed E-state index contributed by atoms with van der Waals surface area (Å²) in [6.07, 6.45) is -43.8. The first-order valence-corrected chi connectivity index (χ1v) is 7.70. The molecule has 0 heterocycles. The molecule has 0 fully saturated rings. The zero-order valence-electron chi connectivity index (χ0n) is 15.2. The number of halogens is 18. The molecule has 20 heteroatoms. The average Bonchev–Trinajstić information content (AvgIpc) is 2.47. The van der Waals surface area contributed by atoms with Crippen LogP contribution in [0.3, 0.4) is 0 Å². The third-order valence-corrected chi connectivity index (χ3v) is 4.45. The summed E-state index contributed by atoms with van der Waals surface area (Å²) >= 11 is 0. The second kappa shape index (κ2) is 8.11. The fourth-order valence-electron chi connectivity index (χ4n) is 2.82. The maximum Gasteiger partial charge on any atom is 0.456 e. The molecule has 0 aromatic heterocycles. The molecular formula is C13H10F18O2. The van der Waals surface area contributed by atoms with Crippen molar-refractivity contribution in [2.24, 2.45) is 5.92 Å². The lowest BCUT2D eigenvalue weighted by molar-refractivity contribution is -0.446. The Kier molecular flexibility index (Phi) is 7.78. The molecule has 2 N–H and O–H groups in total. The number of alkyl halides is 18. The fourth-order valence-corrected chi connectivity index (χ4v) is 2.82. The molecule has 33 heavy (non-hydrogen) atoms. The van der Waals surface area contributed by atoms with Gasteiger partial charge in [-0.2, -0.15) is 74.6 Å². The Hall–Kier alpha value is -1.34. The molecule has 0 aliphatic carbocycles. The van der Waals surface area contributed by atoms with Gasteiger partial charge in [0.15, 0.2) is 5.60 Å². The van der Waals surface area contributed by atoms with Crippen molar-refractivity contribution in [3.05, 3.63) is 0 Å². The molecule has 0 bridgehead atoms. The Morgan fingerprint density at radius 2 is 0.727 bits per heavy atom. The van der Waals surface area contributed by atoms with Crippen molar-refractivity contribution in [1.82, 2.24) is 0 Å². The predicted molar refractivity (Wildman–Crippen MR) is 67.4 cm³/mol. The molecule has 0 aromatic rings. The van der Waals surface area contributed by atoms with Crippen LogP contribution < -0.4 is 0 Å². The van der Waals surface area contributed by atoms with Crippen molar-refractivity contribution in [2.45, 2.75) is 73.4 Å². The summed E-state index contributed by atoms with van der Waals surface area (Å²) in [4.78, 5) is 0. The second-order valence-corrected chi connectivity index (χ2v) is 6.96. The molecule has 2 nitrogen and oxygen atoms in total. The molecule has 0 radical (unpaired) electrons. The predicted octanol–water partition coefficient (Wildman–Crippen LogP) is 6.02. The van der Waals surface area contributed by atoms with E-state index in [2.05, 4.69) is 0 Å². The Morgan fingerprint density at radius 3 is 0.939 bits per heavy atom. The number of hydrogen-bond acceptors (Lipinski definition) is 2. The Bertz CT molecular complexity index is 652. The van der Waals surface area contributed by atoms with E-state index in [-0.39, 0.29) is 6.92 Å². The molecule has 0 spiro atoms. The van der Waals surface area contributed by atoms with Crippen molar-refractivity contribution in [3.8, 4) is 0 Å². The summed E-state index contributed by atoms with van der Waals surface area (Å²) in [5, 5.41) is 18.2. The van der Waals surface area contributed by atoms with Crippen LogP contribution in [-0.4, -0.2) is 63.9 Å².